The van der Waals surface area contributed by atoms with E-state index in [1.807, 2.05) is 27.0 Å². The minimum Gasteiger partial charge on any atom is -0.444 e. The fourth-order valence-corrected chi connectivity index (χ4v) is 2.64. The van der Waals surface area contributed by atoms with Crippen molar-refractivity contribution < 1.29 is 9.53 Å². The lowest BCUT2D eigenvalue weighted by Crippen LogP contribution is -2.36. The number of rotatable bonds is 4. The number of aromatic nitrogens is 2. The van der Waals surface area contributed by atoms with Crippen molar-refractivity contribution in [2.75, 3.05) is 19.6 Å². The van der Waals surface area contributed by atoms with Crippen molar-refractivity contribution in [2.24, 2.45) is 5.92 Å². The minimum absolute atomic E-state index is 0.250. The maximum Gasteiger partial charge on any atom is 0.407 e. The average molecular weight is 306 g/mol. The lowest BCUT2D eigenvalue weighted by Gasteiger charge is -2.24. The van der Waals surface area contributed by atoms with Crippen LogP contribution in [-0.4, -0.2) is 46.2 Å². The zero-order chi connectivity index (χ0) is 16.2. The Morgan fingerprint density at radius 3 is 2.91 bits per heavy atom. The number of hydrogen-bond donors (Lipinski definition) is 1. The predicted molar refractivity (Wildman–Crippen MR) is 84.4 cm³/mol. The fourth-order valence-electron chi connectivity index (χ4n) is 2.64. The van der Waals surface area contributed by atoms with Gasteiger partial charge in [0.05, 0.1) is 11.7 Å². The quantitative estimate of drug-likeness (QED) is 0.925. The Bertz CT molecular complexity index is 487. The first-order valence-electron chi connectivity index (χ1n) is 7.82. The van der Waals surface area contributed by atoms with Crippen LogP contribution in [0.15, 0.2) is 18.6 Å². The van der Waals surface area contributed by atoms with Gasteiger partial charge in [-0.25, -0.2) is 4.79 Å². The Balaban J connectivity index is 1.77. The predicted octanol–water partition coefficient (Wildman–Crippen LogP) is 2.38. The number of amides is 1. The average Bonchev–Trinajstić information content (AvgIpc) is 2.92. The Kier molecular flexibility index (Phi) is 5.34. The van der Waals surface area contributed by atoms with E-state index in [1.165, 1.54) is 0 Å². The van der Waals surface area contributed by atoms with E-state index in [0.717, 1.165) is 25.2 Å². The molecule has 2 heterocycles. The van der Waals surface area contributed by atoms with Crippen LogP contribution in [0.4, 0.5) is 4.79 Å². The maximum atomic E-state index is 11.7. The van der Waals surface area contributed by atoms with Gasteiger partial charge in [-0.1, -0.05) is 0 Å². The summed E-state index contributed by atoms with van der Waals surface area (Å²) in [4.78, 5) is 22.6. The summed E-state index contributed by atoms with van der Waals surface area (Å²) in [7, 11) is 0. The van der Waals surface area contributed by atoms with E-state index in [-0.39, 0.29) is 12.1 Å². The molecule has 0 radical (unpaired) electrons. The molecule has 22 heavy (non-hydrogen) atoms. The molecule has 0 aliphatic carbocycles. The summed E-state index contributed by atoms with van der Waals surface area (Å²) >= 11 is 0. The Labute approximate surface area is 132 Å². The molecule has 6 heteroatoms. The van der Waals surface area contributed by atoms with E-state index in [9.17, 15) is 4.79 Å². The van der Waals surface area contributed by atoms with Crippen molar-refractivity contribution >= 4 is 6.09 Å². The summed E-state index contributed by atoms with van der Waals surface area (Å²) in [6.07, 6.45) is 5.96. The van der Waals surface area contributed by atoms with Crippen molar-refractivity contribution in [1.29, 1.82) is 0 Å². The number of likely N-dealkylation sites (tertiary alicyclic amines) is 1. The van der Waals surface area contributed by atoms with Crippen LogP contribution >= 0.6 is 0 Å². The Hall–Kier alpha value is -1.69. The van der Waals surface area contributed by atoms with Crippen LogP contribution < -0.4 is 5.32 Å². The van der Waals surface area contributed by atoms with Crippen LogP contribution in [0.3, 0.4) is 0 Å². The van der Waals surface area contributed by atoms with E-state index in [2.05, 4.69) is 27.1 Å². The zero-order valence-electron chi connectivity index (χ0n) is 13.9. The molecule has 0 spiro atoms. The van der Waals surface area contributed by atoms with Crippen LogP contribution in [0.25, 0.3) is 0 Å². The molecule has 1 amide bonds. The van der Waals surface area contributed by atoms with Crippen molar-refractivity contribution in [3.05, 3.63) is 24.3 Å². The van der Waals surface area contributed by atoms with Crippen LogP contribution in [0.2, 0.25) is 0 Å². The van der Waals surface area contributed by atoms with Crippen LogP contribution in [-0.2, 0) is 4.74 Å². The normalized spacial score (nSPS) is 20.6. The first-order valence-corrected chi connectivity index (χ1v) is 7.82. The van der Waals surface area contributed by atoms with Gasteiger partial charge in [0.2, 0.25) is 0 Å². The standard InChI is InChI=1S/C16H26N4O2/c1-12(14-10-17-6-7-18-14)20-8-5-13(11-20)9-19-15(21)22-16(2,3)4/h6-7,10,12-13H,5,8-9,11H2,1-4H3,(H,19,21)/t12-,13+/m1/s1. The molecule has 0 saturated carbocycles. The molecular weight excluding hydrogens is 280 g/mol. The topological polar surface area (TPSA) is 67.4 Å². The highest BCUT2D eigenvalue weighted by atomic mass is 16.6. The highest BCUT2D eigenvalue weighted by Gasteiger charge is 2.28. The molecule has 1 aromatic rings. The molecule has 2 rings (SSSR count). The molecule has 1 saturated heterocycles. The summed E-state index contributed by atoms with van der Waals surface area (Å²) in [6, 6.07) is 0.250. The van der Waals surface area contributed by atoms with Crippen LogP contribution in [0, 0.1) is 5.92 Å². The van der Waals surface area contributed by atoms with E-state index < -0.39 is 5.60 Å². The Morgan fingerprint density at radius 1 is 1.50 bits per heavy atom. The third kappa shape index (κ3) is 4.94. The second-order valence-corrected chi connectivity index (χ2v) is 6.84. The molecule has 1 aliphatic rings. The van der Waals surface area contributed by atoms with Crippen LogP contribution in [0.1, 0.15) is 45.9 Å². The third-order valence-electron chi connectivity index (χ3n) is 3.81. The third-order valence-corrected chi connectivity index (χ3v) is 3.81. The number of nitrogens with one attached hydrogen (secondary N) is 1. The zero-order valence-corrected chi connectivity index (χ0v) is 13.9. The van der Waals surface area contributed by atoms with Gasteiger partial charge in [0.25, 0.3) is 0 Å². The SMILES string of the molecule is C[C@H](c1cnccn1)N1CC[C@@H](CNC(=O)OC(C)(C)C)C1. The number of alkyl carbamates (subject to hydrolysis) is 1. The first kappa shape index (κ1) is 16.7. The molecule has 0 bridgehead atoms. The second kappa shape index (κ2) is 7.05. The van der Waals surface area contributed by atoms with Gasteiger partial charge in [0.15, 0.2) is 0 Å². The van der Waals surface area contributed by atoms with Gasteiger partial charge in [0, 0.05) is 31.7 Å². The molecule has 1 fully saturated rings. The van der Waals surface area contributed by atoms with E-state index in [4.69, 9.17) is 4.74 Å². The maximum absolute atomic E-state index is 11.7. The van der Waals surface area contributed by atoms with Crippen molar-refractivity contribution in [3.63, 3.8) is 0 Å². The van der Waals surface area contributed by atoms with E-state index in [1.54, 1.807) is 12.4 Å². The number of ether oxygens (including phenoxy) is 1. The molecule has 6 nitrogen and oxygen atoms in total. The van der Waals surface area contributed by atoms with E-state index in [0.29, 0.717) is 12.5 Å². The molecule has 1 aromatic heterocycles. The first-order chi connectivity index (χ1) is 10.3. The molecule has 0 aromatic carbocycles. The fraction of sp³-hybridized carbons (Fsp3) is 0.688. The van der Waals surface area contributed by atoms with Gasteiger partial charge in [0.1, 0.15) is 5.60 Å². The molecule has 0 unspecified atom stereocenters. The van der Waals surface area contributed by atoms with Gasteiger partial charge in [-0.2, -0.15) is 0 Å². The summed E-state index contributed by atoms with van der Waals surface area (Å²) in [5, 5.41) is 2.86. The van der Waals surface area contributed by atoms with Crippen molar-refractivity contribution in [2.45, 2.75) is 45.8 Å². The molecule has 122 valence electrons. The summed E-state index contributed by atoms with van der Waals surface area (Å²) in [5.74, 6) is 0.451. The summed E-state index contributed by atoms with van der Waals surface area (Å²) < 4.78 is 5.26. The number of nitrogens with zero attached hydrogens (tertiary/aromatic N) is 3. The Morgan fingerprint density at radius 2 is 2.27 bits per heavy atom. The second-order valence-electron chi connectivity index (χ2n) is 6.84. The van der Waals surface area contributed by atoms with Crippen LogP contribution in [0.5, 0.6) is 0 Å². The summed E-state index contributed by atoms with van der Waals surface area (Å²) in [6.45, 7) is 10.4. The van der Waals surface area contributed by atoms with E-state index >= 15 is 0 Å². The number of hydrogen-bond acceptors (Lipinski definition) is 5. The molecule has 1 N–H and O–H groups in total. The molecule has 1 aliphatic heterocycles. The largest absolute Gasteiger partial charge is 0.444 e. The highest BCUT2D eigenvalue weighted by molar-refractivity contribution is 5.67. The minimum atomic E-state index is -0.452. The van der Waals surface area contributed by atoms with Gasteiger partial charge < -0.3 is 10.1 Å². The summed E-state index contributed by atoms with van der Waals surface area (Å²) in [5.41, 5.74) is 0.537. The van der Waals surface area contributed by atoms with Gasteiger partial charge in [-0.3, -0.25) is 14.9 Å². The van der Waals surface area contributed by atoms with Gasteiger partial charge in [-0.05, 0) is 46.6 Å². The number of carbonyl (C=O) groups is 1. The lowest BCUT2D eigenvalue weighted by molar-refractivity contribution is 0.0519. The highest BCUT2D eigenvalue weighted by Crippen LogP contribution is 2.25. The van der Waals surface area contributed by atoms with Gasteiger partial charge in [-0.15, -0.1) is 0 Å². The van der Waals surface area contributed by atoms with Gasteiger partial charge >= 0.3 is 6.09 Å². The molecule has 2 atom stereocenters. The van der Waals surface area contributed by atoms with Crippen molar-refractivity contribution in [3.8, 4) is 0 Å². The molecular formula is C16H26N4O2. The lowest BCUT2D eigenvalue weighted by atomic mass is 10.1. The monoisotopic (exact) mass is 306 g/mol. The van der Waals surface area contributed by atoms with Crippen molar-refractivity contribution in [1.82, 2.24) is 20.2 Å². The smallest absolute Gasteiger partial charge is 0.407 e. The number of carbonyl (C=O) groups excluding carboxylic acids is 1.